The number of carbonyl (C=O) groups excluding carboxylic acids is 1. The Labute approximate surface area is 161 Å². The second-order valence-corrected chi connectivity index (χ2v) is 8.39. The minimum absolute atomic E-state index is 0.105. The normalized spacial score (nSPS) is 18.8. The Morgan fingerprint density at radius 3 is 2.38 bits per heavy atom. The second-order valence-electron chi connectivity index (χ2n) is 7.21. The Bertz CT molecular complexity index is 690. The molecule has 3 nitrogen and oxygen atoms in total. The van der Waals surface area contributed by atoms with Crippen molar-refractivity contribution in [1.82, 2.24) is 10.2 Å². The van der Waals surface area contributed by atoms with Crippen LogP contribution < -0.4 is 5.32 Å². The van der Waals surface area contributed by atoms with Gasteiger partial charge in [-0.15, -0.1) is 11.8 Å². The first kappa shape index (κ1) is 19.0. The van der Waals surface area contributed by atoms with Gasteiger partial charge in [0, 0.05) is 24.0 Å². The van der Waals surface area contributed by atoms with E-state index < -0.39 is 0 Å². The molecular formula is C22H28N2OS. The van der Waals surface area contributed by atoms with Crippen LogP contribution in [-0.4, -0.2) is 36.5 Å². The molecule has 0 aliphatic carbocycles. The lowest BCUT2D eigenvalue weighted by Gasteiger charge is -2.21. The van der Waals surface area contributed by atoms with Crippen molar-refractivity contribution in [3.05, 3.63) is 66.2 Å². The first-order valence-electron chi connectivity index (χ1n) is 9.42. The van der Waals surface area contributed by atoms with Gasteiger partial charge in [-0.1, -0.05) is 48.5 Å². The maximum atomic E-state index is 13.0. The number of nitrogens with one attached hydrogen (secondary N) is 1. The number of rotatable bonds is 7. The van der Waals surface area contributed by atoms with Crippen LogP contribution in [0.3, 0.4) is 0 Å². The molecule has 0 unspecified atom stereocenters. The Kier molecular flexibility index (Phi) is 6.75. The highest BCUT2D eigenvalue weighted by atomic mass is 32.2. The molecule has 0 spiro atoms. The van der Waals surface area contributed by atoms with Gasteiger partial charge in [-0.2, -0.15) is 0 Å². The lowest BCUT2D eigenvalue weighted by Crippen LogP contribution is -2.34. The molecule has 1 amide bonds. The summed E-state index contributed by atoms with van der Waals surface area (Å²) in [5.41, 5.74) is 1.05. The van der Waals surface area contributed by atoms with E-state index in [0.717, 1.165) is 30.1 Å². The SMILES string of the molecule is CC(C)N1CC[C@@H](CNC(=O)[C@@H](Sc2ccccc2)c2ccccc2)C1. The van der Waals surface area contributed by atoms with Gasteiger partial charge in [-0.05, 0) is 50.4 Å². The van der Waals surface area contributed by atoms with E-state index in [1.807, 2.05) is 48.5 Å². The number of amides is 1. The van der Waals surface area contributed by atoms with Crippen molar-refractivity contribution in [3.8, 4) is 0 Å². The second kappa shape index (κ2) is 9.24. The third kappa shape index (κ3) is 5.12. The molecule has 0 saturated carbocycles. The molecule has 4 heteroatoms. The summed E-state index contributed by atoms with van der Waals surface area (Å²) < 4.78 is 0. The van der Waals surface area contributed by atoms with Crippen molar-refractivity contribution in [1.29, 1.82) is 0 Å². The maximum absolute atomic E-state index is 13.0. The van der Waals surface area contributed by atoms with Crippen LogP contribution in [0.4, 0.5) is 0 Å². The van der Waals surface area contributed by atoms with E-state index in [-0.39, 0.29) is 11.2 Å². The molecule has 1 N–H and O–H groups in total. The molecule has 0 aromatic heterocycles. The summed E-state index contributed by atoms with van der Waals surface area (Å²) in [5.74, 6) is 0.660. The Hall–Kier alpha value is -1.78. The first-order valence-corrected chi connectivity index (χ1v) is 10.3. The summed E-state index contributed by atoms with van der Waals surface area (Å²) >= 11 is 1.62. The maximum Gasteiger partial charge on any atom is 0.238 e. The van der Waals surface area contributed by atoms with Crippen LogP contribution in [0.2, 0.25) is 0 Å². The van der Waals surface area contributed by atoms with Crippen LogP contribution in [0.25, 0.3) is 0 Å². The molecule has 0 radical (unpaired) electrons. The largest absolute Gasteiger partial charge is 0.355 e. The lowest BCUT2D eigenvalue weighted by molar-refractivity contribution is -0.120. The minimum atomic E-state index is -0.221. The van der Waals surface area contributed by atoms with E-state index in [1.165, 1.54) is 6.42 Å². The monoisotopic (exact) mass is 368 g/mol. The van der Waals surface area contributed by atoms with Gasteiger partial charge in [0.05, 0.1) is 0 Å². The van der Waals surface area contributed by atoms with E-state index in [0.29, 0.717) is 12.0 Å². The molecule has 2 aromatic rings. The molecule has 26 heavy (non-hydrogen) atoms. The van der Waals surface area contributed by atoms with Gasteiger partial charge in [0.1, 0.15) is 5.25 Å². The van der Waals surface area contributed by atoms with Crippen LogP contribution in [-0.2, 0) is 4.79 Å². The molecule has 1 fully saturated rings. The fourth-order valence-corrected chi connectivity index (χ4v) is 4.44. The molecule has 1 heterocycles. The van der Waals surface area contributed by atoms with Crippen molar-refractivity contribution in [2.45, 2.75) is 36.5 Å². The van der Waals surface area contributed by atoms with Crippen LogP contribution in [0.1, 0.15) is 31.1 Å². The van der Waals surface area contributed by atoms with Crippen molar-refractivity contribution in [3.63, 3.8) is 0 Å². The van der Waals surface area contributed by atoms with Gasteiger partial charge in [0.2, 0.25) is 5.91 Å². The van der Waals surface area contributed by atoms with Crippen molar-refractivity contribution < 1.29 is 4.79 Å². The standard InChI is InChI=1S/C22H28N2OS/c1-17(2)24-14-13-18(16-24)15-23-22(25)21(19-9-5-3-6-10-19)26-20-11-7-4-8-12-20/h3-12,17-18,21H,13-16H2,1-2H3,(H,23,25)/t18-,21-/m0/s1. The summed E-state index contributed by atoms with van der Waals surface area (Å²) in [6.07, 6.45) is 1.17. The number of benzene rings is 2. The van der Waals surface area contributed by atoms with E-state index in [2.05, 4.69) is 36.2 Å². The fourth-order valence-electron chi connectivity index (χ4n) is 3.37. The summed E-state index contributed by atoms with van der Waals surface area (Å²) in [7, 11) is 0. The number of hydrogen-bond acceptors (Lipinski definition) is 3. The van der Waals surface area contributed by atoms with Crippen molar-refractivity contribution in [2.75, 3.05) is 19.6 Å². The topological polar surface area (TPSA) is 32.3 Å². The highest BCUT2D eigenvalue weighted by molar-refractivity contribution is 8.00. The Morgan fingerprint density at radius 2 is 1.77 bits per heavy atom. The molecule has 2 aromatic carbocycles. The van der Waals surface area contributed by atoms with Gasteiger partial charge >= 0.3 is 0 Å². The summed E-state index contributed by atoms with van der Waals surface area (Å²) in [5, 5.41) is 3.00. The summed E-state index contributed by atoms with van der Waals surface area (Å²) in [4.78, 5) is 16.6. The molecule has 138 valence electrons. The zero-order valence-corrected chi connectivity index (χ0v) is 16.4. The van der Waals surface area contributed by atoms with Gasteiger partial charge in [-0.3, -0.25) is 4.79 Å². The van der Waals surface area contributed by atoms with Crippen LogP contribution in [0.5, 0.6) is 0 Å². The number of nitrogens with zero attached hydrogens (tertiary/aromatic N) is 1. The summed E-state index contributed by atoms with van der Waals surface area (Å²) in [6, 6.07) is 20.8. The summed E-state index contributed by atoms with van der Waals surface area (Å²) in [6.45, 7) is 7.46. The van der Waals surface area contributed by atoms with Gasteiger partial charge < -0.3 is 10.2 Å². The highest BCUT2D eigenvalue weighted by Crippen LogP contribution is 2.35. The average Bonchev–Trinajstić information content (AvgIpc) is 3.15. The van der Waals surface area contributed by atoms with E-state index in [9.17, 15) is 4.79 Å². The van der Waals surface area contributed by atoms with E-state index >= 15 is 0 Å². The molecule has 2 atom stereocenters. The Morgan fingerprint density at radius 1 is 1.12 bits per heavy atom. The van der Waals surface area contributed by atoms with Gasteiger partial charge in [0.15, 0.2) is 0 Å². The Balaban J connectivity index is 1.64. The van der Waals surface area contributed by atoms with Gasteiger partial charge in [0.25, 0.3) is 0 Å². The fraction of sp³-hybridized carbons (Fsp3) is 0.409. The van der Waals surface area contributed by atoms with Gasteiger partial charge in [-0.25, -0.2) is 0 Å². The zero-order valence-electron chi connectivity index (χ0n) is 15.6. The number of carbonyl (C=O) groups is 1. The smallest absolute Gasteiger partial charge is 0.238 e. The minimum Gasteiger partial charge on any atom is -0.355 e. The predicted octanol–water partition coefficient (Wildman–Crippen LogP) is 4.37. The van der Waals surface area contributed by atoms with Crippen LogP contribution >= 0.6 is 11.8 Å². The first-order chi connectivity index (χ1) is 12.6. The average molecular weight is 369 g/mol. The molecule has 3 rings (SSSR count). The molecule has 1 aliphatic heterocycles. The quantitative estimate of drug-likeness (QED) is 0.737. The predicted molar refractivity (Wildman–Crippen MR) is 109 cm³/mol. The van der Waals surface area contributed by atoms with E-state index in [4.69, 9.17) is 0 Å². The van der Waals surface area contributed by atoms with Crippen LogP contribution in [0.15, 0.2) is 65.6 Å². The molecular weight excluding hydrogens is 340 g/mol. The number of likely N-dealkylation sites (tertiary alicyclic amines) is 1. The third-order valence-corrected chi connectivity index (χ3v) is 6.22. The molecule has 0 bridgehead atoms. The number of hydrogen-bond donors (Lipinski definition) is 1. The lowest BCUT2D eigenvalue weighted by atomic mass is 10.1. The number of thioether (sulfide) groups is 1. The third-order valence-electron chi connectivity index (χ3n) is 4.95. The molecule has 1 aliphatic rings. The van der Waals surface area contributed by atoms with Crippen LogP contribution in [0, 0.1) is 5.92 Å². The molecule has 1 saturated heterocycles. The highest BCUT2D eigenvalue weighted by Gasteiger charge is 2.26. The van der Waals surface area contributed by atoms with Crippen molar-refractivity contribution in [2.24, 2.45) is 5.92 Å². The van der Waals surface area contributed by atoms with Crippen molar-refractivity contribution >= 4 is 17.7 Å². The van der Waals surface area contributed by atoms with E-state index in [1.54, 1.807) is 11.8 Å². The zero-order chi connectivity index (χ0) is 18.4.